The average molecular weight is 307 g/mol. The van der Waals surface area contributed by atoms with Crippen molar-refractivity contribution >= 4 is 28.9 Å². The number of halogens is 1. The summed E-state index contributed by atoms with van der Waals surface area (Å²) in [5.41, 5.74) is 0.0683. The molecule has 0 saturated heterocycles. The molecule has 0 unspecified atom stereocenters. The molecule has 2 aromatic carbocycles. The maximum Gasteiger partial charge on any atom is 0.283 e. The first-order valence-corrected chi connectivity index (χ1v) is 6.28. The number of nitro benzene ring substituents is 1. The lowest BCUT2D eigenvalue weighted by atomic mass is 10.1. The molecular formula is C14H11ClN2O4. The molecule has 0 aliphatic rings. The third kappa shape index (κ3) is 3.49. The first-order chi connectivity index (χ1) is 10.0. The van der Waals surface area contributed by atoms with Crippen LogP contribution in [-0.2, 0) is 0 Å². The van der Waals surface area contributed by atoms with Crippen LogP contribution >= 0.6 is 11.6 Å². The topological polar surface area (TPSA) is 81.5 Å². The number of nitro groups is 1. The first-order valence-electron chi connectivity index (χ1n) is 5.90. The molecule has 108 valence electrons. The van der Waals surface area contributed by atoms with Gasteiger partial charge in [0.25, 0.3) is 11.6 Å². The van der Waals surface area contributed by atoms with Crippen LogP contribution < -0.4 is 10.1 Å². The number of carbonyl (C=O) groups is 1. The lowest BCUT2D eigenvalue weighted by molar-refractivity contribution is -0.385. The molecule has 1 amide bonds. The van der Waals surface area contributed by atoms with Gasteiger partial charge in [0.05, 0.1) is 12.0 Å². The summed E-state index contributed by atoms with van der Waals surface area (Å²) in [4.78, 5) is 22.5. The number of anilines is 1. The minimum atomic E-state index is -0.646. The smallest absolute Gasteiger partial charge is 0.283 e. The van der Waals surface area contributed by atoms with Crippen molar-refractivity contribution in [2.24, 2.45) is 0 Å². The predicted octanol–water partition coefficient (Wildman–Crippen LogP) is 3.51. The van der Waals surface area contributed by atoms with Gasteiger partial charge in [-0.05, 0) is 24.3 Å². The van der Waals surface area contributed by atoms with Gasteiger partial charge in [-0.15, -0.1) is 0 Å². The molecule has 7 heteroatoms. The van der Waals surface area contributed by atoms with Crippen molar-refractivity contribution in [3.8, 4) is 5.75 Å². The predicted molar refractivity (Wildman–Crippen MR) is 79.1 cm³/mol. The van der Waals surface area contributed by atoms with Gasteiger partial charge in [-0.2, -0.15) is 0 Å². The van der Waals surface area contributed by atoms with Crippen molar-refractivity contribution in [3.63, 3.8) is 0 Å². The summed E-state index contributed by atoms with van der Waals surface area (Å²) in [6, 6.07) is 10.6. The summed E-state index contributed by atoms with van der Waals surface area (Å²) < 4.78 is 5.04. The number of hydrogen-bond acceptors (Lipinski definition) is 4. The van der Waals surface area contributed by atoms with Gasteiger partial charge in [0.2, 0.25) is 0 Å². The van der Waals surface area contributed by atoms with Crippen LogP contribution in [0.4, 0.5) is 11.4 Å². The van der Waals surface area contributed by atoms with Crippen molar-refractivity contribution < 1.29 is 14.5 Å². The Morgan fingerprint density at radius 1 is 1.29 bits per heavy atom. The zero-order valence-electron chi connectivity index (χ0n) is 11.0. The molecule has 0 aromatic heterocycles. The molecule has 0 atom stereocenters. The fourth-order valence-corrected chi connectivity index (χ4v) is 1.91. The zero-order valence-corrected chi connectivity index (χ0v) is 11.8. The molecule has 6 nitrogen and oxygen atoms in total. The zero-order chi connectivity index (χ0) is 15.4. The molecular weight excluding hydrogens is 296 g/mol. The Bertz CT molecular complexity index is 703. The van der Waals surface area contributed by atoms with E-state index in [1.54, 1.807) is 24.3 Å². The molecule has 0 bridgehead atoms. The molecule has 0 heterocycles. The molecule has 0 fully saturated rings. The van der Waals surface area contributed by atoms with E-state index in [0.717, 1.165) is 6.07 Å². The number of ether oxygens (including phenoxy) is 1. The lowest BCUT2D eigenvalue weighted by Crippen LogP contribution is -2.14. The maximum absolute atomic E-state index is 12.2. The van der Waals surface area contributed by atoms with E-state index in [2.05, 4.69) is 5.32 Å². The molecule has 2 aromatic rings. The highest BCUT2D eigenvalue weighted by Gasteiger charge is 2.20. The van der Waals surface area contributed by atoms with Crippen LogP contribution in [0.15, 0.2) is 42.5 Å². The SMILES string of the molecule is COc1cccc(NC(=O)c2ccc(Cl)cc2[N+](=O)[O-])c1. The second-order valence-electron chi connectivity index (χ2n) is 4.10. The van der Waals surface area contributed by atoms with E-state index in [1.807, 2.05) is 0 Å². The first kappa shape index (κ1) is 14.8. The van der Waals surface area contributed by atoms with E-state index in [1.165, 1.54) is 19.2 Å². The lowest BCUT2D eigenvalue weighted by Gasteiger charge is -2.07. The van der Waals surface area contributed by atoms with Gasteiger partial charge in [-0.3, -0.25) is 14.9 Å². The third-order valence-electron chi connectivity index (χ3n) is 2.73. The summed E-state index contributed by atoms with van der Waals surface area (Å²) in [6.45, 7) is 0. The molecule has 0 aliphatic heterocycles. The molecule has 21 heavy (non-hydrogen) atoms. The maximum atomic E-state index is 12.2. The van der Waals surface area contributed by atoms with Gasteiger partial charge >= 0.3 is 0 Å². The van der Waals surface area contributed by atoms with Crippen LogP contribution in [0.5, 0.6) is 5.75 Å². The van der Waals surface area contributed by atoms with Gasteiger partial charge in [-0.25, -0.2) is 0 Å². The highest BCUT2D eigenvalue weighted by atomic mass is 35.5. The highest BCUT2D eigenvalue weighted by Crippen LogP contribution is 2.25. The van der Waals surface area contributed by atoms with Crippen LogP contribution in [0.25, 0.3) is 0 Å². The monoisotopic (exact) mass is 306 g/mol. The highest BCUT2D eigenvalue weighted by molar-refractivity contribution is 6.31. The van der Waals surface area contributed by atoms with Gasteiger partial charge in [0, 0.05) is 22.8 Å². The summed E-state index contributed by atoms with van der Waals surface area (Å²) in [5.74, 6) is -0.0231. The van der Waals surface area contributed by atoms with Crippen LogP contribution in [0.3, 0.4) is 0 Å². The number of benzene rings is 2. The second-order valence-corrected chi connectivity index (χ2v) is 4.54. The standard InChI is InChI=1S/C14H11ClN2O4/c1-21-11-4-2-3-10(8-11)16-14(18)12-6-5-9(15)7-13(12)17(19)20/h2-8H,1H3,(H,16,18). The van der Waals surface area contributed by atoms with E-state index in [0.29, 0.717) is 11.4 Å². The minimum absolute atomic E-state index is 0.0628. The minimum Gasteiger partial charge on any atom is -0.497 e. The summed E-state index contributed by atoms with van der Waals surface area (Å²) >= 11 is 5.71. The Morgan fingerprint density at radius 3 is 2.71 bits per heavy atom. The van der Waals surface area contributed by atoms with Gasteiger partial charge in [0.1, 0.15) is 11.3 Å². The van der Waals surface area contributed by atoms with Crippen molar-refractivity contribution in [1.82, 2.24) is 0 Å². The number of hydrogen-bond donors (Lipinski definition) is 1. The molecule has 2 rings (SSSR count). The van der Waals surface area contributed by atoms with E-state index in [-0.39, 0.29) is 16.3 Å². The van der Waals surface area contributed by atoms with Gasteiger partial charge in [0.15, 0.2) is 0 Å². The molecule has 0 saturated carbocycles. The third-order valence-corrected chi connectivity index (χ3v) is 2.96. The average Bonchev–Trinajstić information content (AvgIpc) is 2.47. The van der Waals surface area contributed by atoms with E-state index in [9.17, 15) is 14.9 Å². The largest absolute Gasteiger partial charge is 0.497 e. The van der Waals surface area contributed by atoms with E-state index < -0.39 is 10.8 Å². The Balaban J connectivity index is 2.30. The Labute approximate surface area is 125 Å². The fourth-order valence-electron chi connectivity index (χ4n) is 1.75. The van der Waals surface area contributed by atoms with Crippen LogP contribution in [0.1, 0.15) is 10.4 Å². The molecule has 1 N–H and O–H groups in total. The Morgan fingerprint density at radius 2 is 2.05 bits per heavy atom. The van der Waals surface area contributed by atoms with Crippen molar-refractivity contribution in [2.45, 2.75) is 0 Å². The van der Waals surface area contributed by atoms with E-state index in [4.69, 9.17) is 16.3 Å². The molecule has 0 spiro atoms. The number of nitrogens with zero attached hydrogens (tertiary/aromatic N) is 1. The van der Waals surface area contributed by atoms with Crippen LogP contribution in [-0.4, -0.2) is 17.9 Å². The Hall–Kier alpha value is -2.60. The van der Waals surface area contributed by atoms with Crippen molar-refractivity contribution in [3.05, 3.63) is 63.2 Å². The number of rotatable bonds is 4. The number of nitrogens with one attached hydrogen (secondary N) is 1. The molecule has 0 radical (unpaired) electrons. The van der Waals surface area contributed by atoms with Crippen molar-refractivity contribution in [2.75, 3.05) is 12.4 Å². The molecule has 0 aliphatic carbocycles. The summed E-state index contributed by atoms with van der Waals surface area (Å²) in [5, 5.41) is 13.8. The Kier molecular flexibility index (Phi) is 4.39. The number of carbonyl (C=O) groups excluding carboxylic acids is 1. The second kappa shape index (κ2) is 6.23. The fraction of sp³-hybridized carbons (Fsp3) is 0.0714. The van der Waals surface area contributed by atoms with Crippen molar-refractivity contribution in [1.29, 1.82) is 0 Å². The van der Waals surface area contributed by atoms with Crippen LogP contribution in [0, 0.1) is 10.1 Å². The normalized spacial score (nSPS) is 10.0. The number of amides is 1. The number of methoxy groups -OCH3 is 1. The summed E-state index contributed by atoms with van der Waals surface area (Å²) in [6.07, 6.45) is 0. The quantitative estimate of drug-likeness (QED) is 0.692. The summed E-state index contributed by atoms with van der Waals surface area (Å²) in [7, 11) is 1.50. The van der Waals surface area contributed by atoms with Crippen LogP contribution in [0.2, 0.25) is 5.02 Å². The van der Waals surface area contributed by atoms with E-state index >= 15 is 0 Å². The van der Waals surface area contributed by atoms with Gasteiger partial charge < -0.3 is 10.1 Å². The van der Waals surface area contributed by atoms with Gasteiger partial charge in [-0.1, -0.05) is 17.7 Å².